The van der Waals surface area contributed by atoms with E-state index in [2.05, 4.69) is 20.7 Å². The topological polar surface area (TPSA) is 64.0 Å². The van der Waals surface area contributed by atoms with E-state index in [1.807, 2.05) is 0 Å². The molecule has 4 rings (SSSR count). The molecule has 0 spiro atoms. The van der Waals surface area contributed by atoms with Crippen LogP contribution in [0, 0.1) is 17.5 Å². The molecule has 1 aromatic heterocycles. The molecular weight excluding hydrogens is 347 g/mol. The molecule has 2 heterocycles. The maximum Gasteiger partial charge on any atom is 0.246 e. The summed E-state index contributed by atoms with van der Waals surface area (Å²) in [6.45, 7) is 1.16. The predicted molar refractivity (Wildman–Crippen MR) is 89.2 cm³/mol. The number of anilines is 3. The molecule has 26 heavy (non-hydrogen) atoms. The Hall–Kier alpha value is -3.07. The van der Waals surface area contributed by atoms with Gasteiger partial charge in [0, 0.05) is 17.4 Å². The fourth-order valence-electron chi connectivity index (χ4n) is 2.55. The molecule has 0 saturated carbocycles. The Bertz CT molecular complexity index is 922. The van der Waals surface area contributed by atoms with Crippen molar-refractivity contribution in [3.8, 4) is 5.69 Å². The first kappa shape index (κ1) is 16.4. The van der Waals surface area contributed by atoms with E-state index >= 15 is 0 Å². The zero-order valence-corrected chi connectivity index (χ0v) is 13.4. The maximum absolute atomic E-state index is 13.8. The number of nitrogens with zero attached hydrogens (tertiary/aromatic N) is 3. The lowest BCUT2D eigenvalue weighted by Gasteiger charge is -2.28. The molecule has 6 nitrogen and oxygen atoms in total. The summed E-state index contributed by atoms with van der Waals surface area (Å²) >= 11 is 0. The Labute approximate surface area is 146 Å². The van der Waals surface area contributed by atoms with Crippen molar-refractivity contribution in [2.24, 2.45) is 0 Å². The minimum Gasteiger partial charge on any atom is -0.378 e. The molecule has 1 aliphatic rings. The fraction of sp³-hybridized carbons (Fsp3) is 0.176. The van der Waals surface area contributed by atoms with Gasteiger partial charge in [-0.05, 0) is 30.3 Å². The number of hydrogen-bond acceptors (Lipinski definition) is 5. The van der Waals surface area contributed by atoms with E-state index in [0.717, 1.165) is 18.2 Å². The van der Waals surface area contributed by atoms with Crippen molar-refractivity contribution in [1.82, 2.24) is 14.8 Å². The molecule has 1 fully saturated rings. The summed E-state index contributed by atoms with van der Waals surface area (Å²) in [5.74, 6) is -1.70. The van der Waals surface area contributed by atoms with Crippen LogP contribution in [0.4, 0.5) is 30.5 Å². The van der Waals surface area contributed by atoms with Gasteiger partial charge in [-0.15, -0.1) is 5.10 Å². The molecule has 134 valence electrons. The molecule has 0 aliphatic carbocycles. The summed E-state index contributed by atoms with van der Waals surface area (Å²) in [5.41, 5.74) is 1.23. The van der Waals surface area contributed by atoms with Crippen LogP contribution in [0.5, 0.6) is 0 Å². The standard InChI is InChI=1S/C17H14F3N5O/c18-10-1-11(19)5-16(4-10)25-9-21-17(24-25)23-14-3-12(20)2-13(6-14)22-15-7-26-8-15/h1-6,9,15,22H,7-8H2,(H,23,24). The van der Waals surface area contributed by atoms with Gasteiger partial charge in [-0.1, -0.05) is 0 Å². The molecule has 0 unspecified atom stereocenters. The Morgan fingerprint density at radius 3 is 2.31 bits per heavy atom. The number of benzene rings is 2. The molecule has 9 heteroatoms. The average molecular weight is 361 g/mol. The van der Waals surface area contributed by atoms with Crippen molar-refractivity contribution in [2.75, 3.05) is 23.8 Å². The number of nitrogens with one attached hydrogen (secondary N) is 2. The first-order valence-corrected chi connectivity index (χ1v) is 7.85. The fourth-order valence-corrected chi connectivity index (χ4v) is 2.55. The molecule has 0 bridgehead atoms. The van der Waals surface area contributed by atoms with Gasteiger partial charge in [-0.3, -0.25) is 0 Å². The van der Waals surface area contributed by atoms with Crippen LogP contribution in [-0.2, 0) is 4.74 Å². The van der Waals surface area contributed by atoms with Gasteiger partial charge in [0.15, 0.2) is 0 Å². The Morgan fingerprint density at radius 2 is 1.62 bits per heavy atom. The number of hydrogen-bond donors (Lipinski definition) is 2. The largest absolute Gasteiger partial charge is 0.378 e. The Kier molecular flexibility index (Phi) is 4.21. The summed E-state index contributed by atoms with van der Waals surface area (Å²) in [6, 6.07) is 7.58. The number of halogens is 3. The lowest BCUT2D eigenvalue weighted by atomic mass is 10.2. The Balaban J connectivity index is 1.53. The van der Waals surface area contributed by atoms with Gasteiger partial charge < -0.3 is 15.4 Å². The van der Waals surface area contributed by atoms with E-state index in [1.54, 1.807) is 6.07 Å². The van der Waals surface area contributed by atoms with E-state index in [0.29, 0.717) is 24.6 Å². The highest BCUT2D eigenvalue weighted by Crippen LogP contribution is 2.22. The Morgan fingerprint density at radius 1 is 0.923 bits per heavy atom. The van der Waals surface area contributed by atoms with Crippen LogP contribution in [0.15, 0.2) is 42.7 Å². The molecule has 2 N–H and O–H groups in total. The normalized spacial score (nSPS) is 14.1. The summed E-state index contributed by atoms with van der Waals surface area (Å²) in [5, 5.41) is 10.1. The van der Waals surface area contributed by atoms with Gasteiger partial charge in [-0.25, -0.2) is 17.9 Å². The van der Waals surface area contributed by atoms with Crippen molar-refractivity contribution in [3.63, 3.8) is 0 Å². The zero-order valence-electron chi connectivity index (χ0n) is 13.4. The monoisotopic (exact) mass is 361 g/mol. The minimum absolute atomic E-state index is 0.157. The summed E-state index contributed by atoms with van der Waals surface area (Å²) < 4.78 is 46.8. The minimum atomic E-state index is -0.717. The van der Waals surface area contributed by atoms with Gasteiger partial charge in [0.05, 0.1) is 24.9 Å². The average Bonchev–Trinajstić information content (AvgIpc) is 2.98. The predicted octanol–water partition coefficient (Wildman–Crippen LogP) is 3.24. The number of ether oxygens (including phenoxy) is 1. The number of aromatic nitrogens is 3. The van der Waals surface area contributed by atoms with Crippen LogP contribution in [0.25, 0.3) is 5.69 Å². The molecule has 1 aliphatic heterocycles. The molecule has 2 aromatic carbocycles. The molecule has 0 radical (unpaired) electrons. The summed E-state index contributed by atoms with van der Waals surface area (Å²) in [6.07, 6.45) is 1.31. The molecule has 3 aromatic rings. The molecule has 1 saturated heterocycles. The third-order valence-electron chi connectivity index (χ3n) is 3.77. The van der Waals surface area contributed by atoms with Gasteiger partial charge >= 0.3 is 0 Å². The maximum atomic E-state index is 13.8. The van der Waals surface area contributed by atoms with Crippen LogP contribution in [-0.4, -0.2) is 34.0 Å². The van der Waals surface area contributed by atoms with E-state index in [1.165, 1.54) is 23.1 Å². The third-order valence-corrected chi connectivity index (χ3v) is 3.77. The summed E-state index contributed by atoms with van der Waals surface area (Å²) in [4.78, 5) is 4.03. The van der Waals surface area contributed by atoms with Crippen molar-refractivity contribution < 1.29 is 17.9 Å². The van der Waals surface area contributed by atoms with Gasteiger partial charge in [0.2, 0.25) is 5.95 Å². The van der Waals surface area contributed by atoms with Crippen molar-refractivity contribution in [2.45, 2.75) is 6.04 Å². The van der Waals surface area contributed by atoms with E-state index < -0.39 is 17.5 Å². The quantitative estimate of drug-likeness (QED) is 0.731. The van der Waals surface area contributed by atoms with Crippen molar-refractivity contribution in [3.05, 3.63) is 60.2 Å². The highest BCUT2D eigenvalue weighted by atomic mass is 19.1. The smallest absolute Gasteiger partial charge is 0.246 e. The van der Waals surface area contributed by atoms with E-state index in [9.17, 15) is 13.2 Å². The zero-order chi connectivity index (χ0) is 18.1. The number of rotatable bonds is 5. The van der Waals surface area contributed by atoms with Crippen LogP contribution < -0.4 is 10.6 Å². The first-order valence-electron chi connectivity index (χ1n) is 7.85. The first-order chi connectivity index (χ1) is 12.5. The molecule has 0 atom stereocenters. The summed E-state index contributed by atoms with van der Waals surface area (Å²) in [7, 11) is 0. The van der Waals surface area contributed by atoms with E-state index in [-0.39, 0.29) is 17.7 Å². The second kappa shape index (κ2) is 6.68. The van der Waals surface area contributed by atoms with Gasteiger partial charge in [0.1, 0.15) is 23.8 Å². The van der Waals surface area contributed by atoms with E-state index in [4.69, 9.17) is 4.74 Å². The van der Waals surface area contributed by atoms with Gasteiger partial charge in [-0.2, -0.15) is 4.98 Å². The SMILES string of the molecule is Fc1cc(Nc2ncn(-c3cc(F)cc(F)c3)n2)cc(NC2COC2)c1. The lowest BCUT2D eigenvalue weighted by Crippen LogP contribution is -2.40. The second-order valence-corrected chi connectivity index (χ2v) is 5.87. The highest BCUT2D eigenvalue weighted by molar-refractivity contribution is 5.61. The molecule has 0 amide bonds. The second-order valence-electron chi connectivity index (χ2n) is 5.87. The van der Waals surface area contributed by atoms with Gasteiger partial charge in [0.25, 0.3) is 0 Å². The highest BCUT2D eigenvalue weighted by Gasteiger charge is 2.18. The third kappa shape index (κ3) is 3.62. The van der Waals surface area contributed by atoms with Crippen LogP contribution in [0.1, 0.15) is 0 Å². The van der Waals surface area contributed by atoms with Crippen LogP contribution >= 0.6 is 0 Å². The van der Waals surface area contributed by atoms with Crippen LogP contribution in [0.2, 0.25) is 0 Å². The van der Waals surface area contributed by atoms with Crippen molar-refractivity contribution in [1.29, 1.82) is 0 Å². The van der Waals surface area contributed by atoms with Crippen LogP contribution in [0.3, 0.4) is 0 Å². The van der Waals surface area contributed by atoms with Crippen molar-refractivity contribution >= 4 is 17.3 Å². The molecular formula is C17H14F3N5O. The lowest BCUT2D eigenvalue weighted by molar-refractivity contribution is 0.0211.